The second kappa shape index (κ2) is 8.87. The van der Waals surface area contributed by atoms with Crippen LogP contribution in [-0.2, 0) is 0 Å². The van der Waals surface area contributed by atoms with Gasteiger partial charge in [-0.2, -0.15) is 0 Å². The molecule has 0 radical (unpaired) electrons. The van der Waals surface area contributed by atoms with Crippen LogP contribution in [0.3, 0.4) is 0 Å². The number of rotatable bonds is 2. The number of aromatic nitrogens is 2. The number of fused-ring (bicyclic) bond motifs is 14. The lowest BCUT2D eigenvalue weighted by atomic mass is 10.1. The molecule has 0 aliphatic rings. The van der Waals surface area contributed by atoms with Crippen LogP contribution in [0, 0.1) is 0 Å². The van der Waals surface area contributed by atoms with Crippen LogP contribution in [0.25, 0.3) is 97.1 Å². The van der Waals surface area contributed by atoms with Gasteiger partial charge in [-0.1, -0.05) is 84.9 Å². The number of hydrogen-bond acceptors (Lipinski definition) is 2. The first-order chi connectivity index (χ1) is 22.8. The third kappa shape index (κ3) is 3.11. The van der Waals surface area contributed by atoms with Crippen molar-refractivity contribution in [2.75, 3.05) is 0 Å². The predicted molar refractivity (Wildman–Crippen MR) is 195 cm³/mol. The number of nitrogens with zero attached hydrogens (tertiary/aromatic N) is 2. The second-order valence-electron chi connectivity index (χ2n) is 12.1. The summed E-state index contributed by atoms with van der Waals surface area (Å²) in [5.74, 6) is 0. The lowest BCUT2D eigenvalue weighted by Crippen LogP contribution is -1.93. The molecule has 4 aromatic heterocycles. The summed E-state index contributed by atoms with van der Waals surface area (Å²) in [5, 5.41) is 9.67. The third-order valence-electron chi connectivity index (χ3n) is 9.71. The van der Waals surface area contributed by atoms with Gasteiger partial charge >= 0.3 is 0 Å². The first kappa shape index (κ1) is 24.5. The van der Waals surface area contributed by atoms with E-state index >= 15 is 0 Å². The van der Waals surface area contributed by atoms with E-state index in [0.29, 0.717) is 0 Å². The zero-order valence-electron chi connectivity index (χ0n) is 24.6. The van der Waals surface area contributed by atoms with E-state index in [1.165, 1.54) is 52.8 Å². The molecule has 4 heterocycles. The van der Waals surface area contributed by atoms with Gasteiger partial charge in [-0.3, -0.25) is 0 Å². The highest BCUT2D eigenvalue weighted by Crippen LogP contribution is 2.45. The molecule has 7 aromatic carbocycles. The summed E-state index contributed by atoms with van der Waals surface area (Å²) in [7, 11) is 0. The summed E-state index contributed by atoms with van der Waals surface area (Å²) in [5.41, 5.74) is 8.64. The van der Waals surface area contributed by atoms with Gasteiger partial charge in [0.25, 0.3) is 0 Å². The molecule has 214 valence electrons. The molecular formula is C42H24N2OS. The molecule has 46 heavy (non-hydrogen) atoms. The fourth-order valence-corrected chi connectivity index (χ4v) is 8.84. The molecular weight excluding hydrogens is 581 g/mol. The molecule has 0 saturated heterocycles. The first-order valence-corrected chi connectivity index (χ1v) is 16.4. The normalized spacial score (nSPS) is 12.3. The average molecular weight is 605 g/mol. The quantitative estimate of drug-likeness (QED) is 0.192. The van der Waals surface area contributed by atoms with Crippen molar-refractivity contribution in [3.8, 4) is 11.4 Å². The van der Waals surface area contributed by atoms with Crippen LogP contribution in [0.5, 0.6) is 0 Å². The van der Waals surface area contributed by atoms with Crippen molar-refractivity contribution in [3.63, 3.8) is 0 Å². The minimum absolute atomic E-state index is 0.913. The van der Waals surface area contributed by atoms with Crippen LogP contribution in [0.2, 0.25) is 0 Å². The zero-order valence-corrected chi connectivity index (χ0v) is 25.4. The molecule has 0 atom stereocenters. The van der Waals surface area contributed by atoms with Crippen molar-refractivity contribution in [1.29, 1.82) is 0 Å². The maximum atomic E-state index is 7.17. The number of thiophene rings is 1. The third-order valence-corrected chi connectivity index (χ3v) is 10.9. The number of hydrogen-bond donors (Lipinski definition) is 0. The van der Waals surface area contributed by atoms with Gasteiger partial charge in [-0.25, -0.2) is 0 Å². The molecule has 0 amide bonds. The van der Waals surface area contributed by atoms with Crippen LogP contribution < -0.4 is 0 Å². The van der Waals surface area contributed by atoms with Crippen molar-refractivity contribution >= 4 is 97.1 Å². The Balaban J connectivity index is 1.31. The predicted octanol–water partition coefficient (Wildman–Crippen LogP) is 12.1. The first-order valence-electron chi connectivity index (χ1n) is 15.6. The Hall–Kier alpha value is -5.84. The summed E-state index contributed by atoms with van der Waals surface area (Å²) in [6.07, 6.45) is 0. The molecule has 4 heteroatoms. The van der Waals surface area contributed by atoms with Gasteiger partial charge in [-0.15, -0.1) is 11.3 Å². The molecule has 0 N–H and O–H groups in total. The van der Waals surface area contributed by atoms with E-state index < -0.39 is 0 Å². The lowest BCUT2D eigenvalue weighted by molar-refractivity contribution is 0.673. The molecule has 11 aromatic rings. The van der Waals surface area contributed by atoms with Gasteiger partial charge in [0.05, 0.1) is 22.1 Å². The van der Waals surface area contributed by atoms with Crippen molar-refractivity contribution < 1.29 is 4.42 Å². The van der Waals surface area contributed by atoms with Crippen molar-refractivity contribution in [1.82, 2.24) is 9.13 Å². The maximum absolute atomic E-state index is 7.17. The van der Waals surface area contributed by atoms with Crippen LogP contribution in [0.15, 0.2) is 150 Å². The molecule has 0 saturated carbocycles. The fourth-order valence-electron chi connectivity index (χ4n) is 7.75. The molecule has 11 rings (SSSR count). The summed E-state index contributed by atoms with van der Waals surface area (Å²) in [6.45, 7) is 0. The standard InChI is InChI=1S/C42H24N2OS/c1-2-10-25(11-3-1)43-35-15-7-4-12-27(35)30-19-21-32-33-22-20-31-28-13-5-8-16-36(28)44(40(31)42(33)45-41(32)39(30)43)26-18-23-38-34(24-26)29-14-6-9-17-37(29)46-38/h1-24H. The molecule has 0 unspecified atom stereocenters. The minimum Gasteiger partial charge on any atom is -0.452 e. The van der Waals surface area contributed by atoms with Gasteiger partial charge < -0.3 is 13.6 Å². The average Bonchev–Trinajstić information content (AvgIpc) is 3.86. The molecule has 0 fully saturated rings. The fraction of sp³-hybridized carbons (Fsp3) is 0. The number of para-hydroxylation sites is 3. The highest BCUT2D eigenvalue weighted by atomic mass is 32.1. The van der Waals surface area contributed by atoms with E-state index in [1.807, 2.05) is 11.3 Å². The Labute approximate surface area is 266 Å². The zero-order chi connectivity index (χ0) is 29.9. The molecule has 3 nitrogen and oxygen atoms in total. The topological polar surface area (TPSA) is 23.0 Å². The van der Waals surface area contributed by atoms with Crippen LogP contribution in [0.1, 0.15) is 0 Å². The Morgan fingerprint density at radius 2 is 0.891 bits per heavy atom. The van der Waals surface area contributed by atoms with E-state index in [-0.39, 0.29) is 0 Å². The maximum Gasteiger partial charge on any atom is 0.160 e. The summed E-state index contributed by atoms with van der Waals surface area (Å²) in [6, 6.07) is 52.6. The largest absolute Gasteiger partial charge is 0.452 e. The van der Waals surface area contributed by atoms with Crippen molar-refractivity contribution in [2.45, 2.75) is 0 Å². The number of furan rings is 1. The summed E-state index contributed by atoms with van der Waals surface area (Å²) < 4.78 is 14.5. The van der Waals surface area contributed by atoms with Gasteiger partial charge in [0.2, 0.25) is 0 Å². The van der Waals surface area contributed by atoms with Crippen molar-refractivity contribution in [3.05, 3.63) is 146 Å². The van der Waals surface area contributed by atoms with E-state index in [2.05, 4.69) is 155 Å². The molecule has 0 aliphatic heterocycles. The van der Waals surface area contributed by atoms with Gasteiger partial charge in [-0.05, 0) is 60.7 Å². The van der Waals surface area contributed by atoms with E-state index in [4.69, 9.17) is 4.42 Å². The Morgan fingerprint density at radius 3 is 1.57 bits per heavy atom. The second-order valence-corrected chi connectivity index (χ2v) is 13.2. The lowest BCUT2D eigenvalue weighted by Gasteiger charge is -2.09. The molecule has 0 aliphatic carbocycles. The van der Waals surface area contributed by atoms with Gasteiger partial charge in [0.15, 0.2) is 11.2 Å². The van der Waals surface area contributed by atoms with Gasteiger partial charge in [0.1, 0.15) is 0 Å². The monoisotopic (exact) mass is 604 g/mol. The molecule has 0 bridgehead atoms. The minimum atomic E-state index is 0.913. The Morgan fingerprint density at radius 1 is 0.370 bits per heavy atom. The Kier molecular flexibility index (Phi) is 4.72. The summed E-state index contributed by atoms with van der Waals surface area (Å²) >= 11 is 1.85. The van der Waals surface area contributed by atoms with Crippen LogP contribution >= 0.6 is 11.3 Å². The van der Waals surface area contributed by atoms with E-state index in [1.54, 1.807) is 0 Å². The highest BCUT2D eigenvalue weighted by molar-refractivity contribution is 7.25. The Bertz CT molecular complexity index is 3030. The van der Waals surface area contributed by atoms with E-state index in [9.17, 15) is 0 Å². The smallest absolute Gasteiger partial charge is 0.160 e. The number of benzene rings is 7. The van der Waals surface area contributed by atoms with E-state index in [0.717, 1.165) is 44.3 Å². The van der Waals surface area contributed by atoms with Crippen LogP contribution in [-0.4, -0.2) is 9.13 Å². The van der Waals surface area contributed by atoms with Crippen molar-refractivity contribution in [2.24, 2.45) is 0 Å². The van der Waals surface area contributed by atoms with Gasteiger partial charge in [0, 0.05) is 63.9 Å². The van der Waals surface area contributed by atoms with Crippen LogP contribution in [0.4, 0.5) is 0 Å². The summed E-state index contributed by atoms with van der Waals surface area (Å²) in [4.78, 5) is 0. The SMILES string of the molecule is c1ccc(-n2c3ccccc3c3ccc4c5ccc6c7ccccc7n(-c7ccc8sc9ccccc9c8c7)c6c5oc4c32)cc1. The highest BCUT2D eigenvalue weighted by Gasteiger charge is 2.23. The molecule has 0 spiro atoms.